The molecule has 0 aliphatic heterocycles. The zero-order chi connectivity index (χ0) is 19.9. The molecule has 0 aliphatic carbocycles. The van der Waals surface area contributed by atoms with Crippen molar-refractivity contribution in [2.45, 2.75) is 11.4 Å². The normalized spacial score (nSPS) is 10.6. The van der Waals surface area contributed by atoms with Crippen molar-refractivity contribution in [3.05, 3.63) is 78.4 Å². The summed E-state index contributed by atoms with van der Waals surface area (Å²) < 4.78 is 0. The van der Waals surface area contributed by atoms with Crippen LogP contribution >= 0.6 is 23.1 Å². The second kappa shape index (κ2) is 9.45. The molecule has 0 unspecified atom stereocenters. The average Bonchev–Trinajstić information content (AvgIpc) is 3.24. The summed E-state index contributed by atoms with van der Waals surface area (Å²) in [7, 11) is 0. The monoisotopic (exact) mass is 418 g/mol. The molecule has 4 aromatic rings. The lowest BCUT2D eigenvalue weighted by Gasteiger charge is -2.04. The molecule has 2 aromatic heterocycles. The fourth-order valence-electron chi connectivity index (χ4n) is 2.69. The molecule has 2 heterocycles. The number of hydrogen-bond donors (Lipinski definition) is 1. The SMILES string of the molecule is O=C(CCSc1cc(-c2ccccc2)ncn1)Nc1nc(-c2ccccc2)cs1. The van der Waals surface area contributed by atoms with Crippen LogP contribution in [0.15, 0.2) is 83.5 Å². The summed E-state index contributed by atoms with van der Waals surface area (Å²) in [6.45, 7) is 0. The molecule has 0 bridgehead atoms. The van der Waals surface area contributed by atoms with E-state index in [1.165, 1.54) is 11.3 Å². The number of carbonyl (C=O) groups is 1. The largest absolute Gasteiger partial charge is 0.302 e. The van der Waals surface area contributed by atoms with Crippen molar-refractivity contribution < 1.29 is 4.79 Å². The van der Waals surface area contributed by atoms with Crippen LogP contribution in [0, 0.1) is 0 Å². The predicted octanol–water partition coefficient (Wildman–Crippen LogP) is 5.39. The van der Waals surface area contributed by atoms with Gasteiger partial charge in [-0.3, -0.25) is 4.79 Å². The van der Waals surface area contributed by atoms with Crippen molar-refractivity contribution in [2.24, 2.45) is 0 Å². The van der Waals surface area contributed by atoms with Crippen LogP contribution in [0.25, 0.3) is 22.5 Å². The second-order valence-electron chi connectivity index (χ2n) is 6.16. The zero-order valence-corrected chi connectivity index (χ0v) is 17.1. The lowest BCUT2D eigenvalue weighted by molar-refractivity contribution is -0.115. The number of thiazole rings is 1. The summed E-state index contributed by atoms with van der Waals surface area (Å²) in [5, 5.41) is 6.30. The fourth-order valence-corrected chi connectivity index (χ4v) is 4.24. The number of nitrogens with one attached hydrogen (secondary N) is 1. The first-order chi connectivity index (χ1) is 14.3. The van der Waals surface area contributed by atoms with Gasteiger partial charge in [-0.2, -0.15) is 0 Å². The van der Waals surface area contributed by atoms with Gasteiger partial charge in [0.05, 0.1) is 16.4 Å². The molecule has 4 rings (SSSR count). The Labute approximate surface area is 177 Å². The zero-order valence-electron chi connectivity index (χ0n) is 15.5. The number of benzene rings is 2. The van der Waals surface area contributed by atoms with Crippen LogP contribution in [0.5, 0.6) is 0 Å². The minimum atomic E-state index is -0.0520. The summed E-state index contributed by atoms with van der Waals surface area (Å²) >= 11 is 2.97. The summed E-state index contributed by atoms with van der Waals surface area (Å²) in [4.78, 5) is 25.4. The molecule has 0 atom stereocenters. The Morgan fingerprint density at radius 1 is 0.931 bits per heavy atom. The van der Waals surface area contributed by atoms with E-state index < -0.39 is 0 Å². The van der Waals surface area contributed by atoms with E-state index in [2.05, 4.69) is 20.3 Å². The molecule has 0 aliphatic rings. The van der Waals surface area contributed by atoms with Crippen molar-refractivity contribution >= 4 is 34.1 Å². The standard InChI is InChI=1S/C22H18N4OS2/c27-20(26-22-25-19(14-29-22)17-9-5-2-6-10-17)11-12-28-21-13-18(23-15-24-21)16-7-3-1-4-8-16/h1-10,13-15H,11-12H2,(H,25,26,27). The van der Waals surface area contributed by atoms with Crippen LogP contribution in [-0.4, -0.2) is 26.6 Å². The third kappa shape index (κ3) is 5.28. The third-order valence-corrected chi connectivity index (χ3v) is 5.80. The number of hydrogen-bond acceptors (Lipinski definition) is 6. The first-order valence-corrected chi connectivity index (χ1v) is 11.0. The van der Waals surface area contributed by atoms with Gasteiger partial charge in [-0.15, -0.1) is 23.1 Å². The third-order valence-electron chi connectivity index (χ3n) is 4.11. The van der Waals surface area contributed by atoms with Crippen molar-refractivity contribution in [3.63, 3.8) is 0 Å². The number of thioether (sulfide) groups is 1. The topological polar surface area (TPSA) is 67.8 Å². The quantitative estimate of drug-likeness (QED) is 0.322. The second-order valence-corrected chi connectivity index (χ2v) is 8.13. The molecule has 29 heavy (non-hydrogen) atoms. The van der Waals surface area contributed by atoms with Crippen LogP contribution in [0.4, 0.5) is 5.13 Å². The van der Waals surface area contributed by atoms with Crippen LogP contribution in [0.3, 0.4) is 0 Å². The van der Waals surface area contributed by atoms with Crippen molar-refractivity contribution in [1.29, 1.82) is 0 Å². The highest BCUT2D eigenvalue weighted by Gasteiger charge is 2.09. The first kappa shape index (κ1) is 19.3. The minimum absolute atomic E-state index is 0.0520. The van der Waals surface area contributed by atoms with E-state index in [1.807, 2.05) is 72.1 Å². The molecule has 0 fully saturated rings. The lowest BCUT2D eigenvalue weighted by atomic mass is 10.1. The Balaban J connectivity index is 1.29. The highest BCUT2D eigenvalue weighted by molar-refractivity contribution is 7.99. The molecular weight excluding hydrogens is 400 g/mol. The summed E-state index contributed by atoms with van der Waals surface area (Å²) in [5.74, 6) is 0.581. The van der Waals surface area contributed by atoms with Crippen LogP contribution in [0.2, 0.25) is 0 Å². The van der Waals surface area contributed by atoms with Gasteiger partial charge in [-0.05, 0) is 6.07 Å². The van der Waals surface area contributed by atoms with E-state index in [9.17, 15) is 4.79 Å². The number of carbonyl (C=O) groups excluding carboxylic acids is 1. The van der Waals surface area contributed by atoms with Crippen LogP contribution in [0.1, 0.15) is 6.42 Å². The molecule has 1 N–H and O–H groups in total. The molecule has 5 nitrogen and oxygen atoms in total. The summed E-state index contributed by atoms with van der Waals surface area (Å²) in [5.41, 5.74) is 3.84. The Kier molecular flexibility index (Phi) is 6.29. The minimum Gasteiger partial charge on any atom is -0.302 e. The first-order valence-electron chi connectivity index (χ1n) is 9.09. The number of rotatable bonds is 7. The molecule has 1 amide bonds. The van der Waals surface area contributed by atoms with Crippen LogP contribution < -0.4 is 5.32 Å². The van der Waals surface area contributed by atoms with Gasteiger partial charge >= 0.3 is 0 Å². The Morgan fingerprint density at radius 3 is 2.34 bits per heavy atom. The fraction of sp³-hybridized carbons (Fsp3) is 0.0909. The van der Waals surface area contributed by atoms with Crippen LogP contribution in [-0.2, 0) is 4.79 Å². The predicted molar refractivity (Wildman–Crippen MR) is 119 cm³/mol. The van der Waals surface area contributed by atoms with Gasteiger partial charge < -0.3 is 5.32 Å². The van der Waals surface area contributed by atoms with Gasteiger partial charge in [0.15, 0.2) is 5.13 Å². The van der Waals surface area contributed by atoms with Crippen molar-refractivity contribution in [3.8, 4) is 22.5 Å². The average molecular weight is 419 g/mol. The van der Waals surface area contributed by atoms with E-state index in [0.29, 0.717) is 17.3 Å². The van der Waals surface area contributed by atoms with Gasteiger partial charge in [-0.1, -0.05) is 60.7 Å². The van der Waals surface area contributed by atoms with Gasteiger partial charge in [0.25, 0.3) is 0 Å². The van der Waals surface area contributed by atoms with E-state index in [0.717, 1.165) is 27.5 Å². The van der Waals surface area contributed by atoms with Gasteiger partial charge in [0, 0.05) is 28.7 Å². The molecule has 0 radical (unpaired) electrons. The van der Waals surface area contributed by atoms with E-state index in [-0.39, 0.29) is 5.91 Å². The number of aromatic nitrogens is 3. The molecule has 0 spiro atoms. The number of amides is 1. The van der Waals surface area contributed by atoms with E-state index in [4.69, 9.17) is 0 Å². The van der Waals surface area contributed by atoms with E-state index >= 15 is 0 Å². The Hall–Kier alpha value is -3.03. The lowest BCUT2D eigenvalue weighted by Crippen LogP contribution is -2.12. The molecule has 7 heteroatoms. The summed E-state index contributed by atoms with van der Waals surface area (Å²) in [6.07, 6.45) is 1.95. The molecular formula is C22H18N4OS2. The molecule has 0 saturated heterocycles. The highest BCUT2D eigenvalue weighted by atomic mass is 32.2. The maximum Gasteiger partial charge on any atom is 0.226 e. The molecule has 2 aromatic carbocycles. The molecule has 0 saturated carbocycles. The maximum absolute atomic E-state index is 12.2. The van der Waals surface area contributed by atoms with Gasteiger partial charge in [-0.25, -0.2) is 15.0 Å². The van der Waals surface area contributed by atoms with Gasteiger partial charge in [0.2, 0.25) is 5.91 Å². The Bertz CT molecular complexity index is 1080. The summed E-state index contributed by atoms with van der Waals surface area (Å²) in [6, 6.07) is 21.8. The van der Waals surface area contributed by atoms with Gasteiger partial charge in [0.1, 0.15) is 6.33 Å². The van der Waals surface area contributed by atoms with E-state index in [1.54, 1.807) is 18.1 Å². The Morgan fingerprint density at radius 2 is 1.62 bits per heavy atom. The number of nitrogens with zero attached hydrogens (tertiary/aromatic N) is 3. The maximum atomic E-state index is 12.2. The number of anilines is 1. The van der Waals surface area contributed by atoms with Crippen molar-refractivity contribution in [1.82, 2.24) is 15.0 Å². The molecule has 144 valence electrons. The van der Waals surface area contributed by atoms with Crippen molar-refractivity contribution in [2.75, 3.05) is 11.1 Å². The smallest absolute Gasteiger partial charge is 0.226 e. The highest BCUT2D eigenvalue weighted by Crippen LogP contribution is 2.25.